The van der Waals surface area contributed by atoms with Gasteiger partial charge in [-0.05, 0) is 12.1 Å². The van der Waals surface area contributed by atoms with Gasteiger partial charge in [-0.25, -0.2) is 9.69 Å². The Morgan fingerprint density at radius 1 is 1.46 bits per heavy atom. The van der Waals surface area contributed by atoms with Gasteiger partial charge in [-0.15, -0.1) is 0 Å². The Labute approximate surface area is 149 Å². The van der Waals surface area contributed by atoms with Crippen LogP contribution >= 0.6 is 0 Å². The second-order valence-electron chi connectivity index (χ2n) is 6.45. The highest BCUT2D eigenvalue weighted by atomic mass is 16.3. The summed E-state index contributed by atoms with van der Waals surface area (Å²) < 4.78 is 7.44. The van der Waals surface area contributed by atoms with Gasteiger partial charge in [0.25, 0.3) is 5.91 Å². The second-order valence-corrected chi connectivity index (χ2v) is 6.45. The molecule has 10 heteroatoms. The Balaban J connectivity index is 1.71. The van der Waals surface area contributed by atoms with Crippen molar-refractivity contribution in [2.75, 3.05) is 26.7 Å². The van der Waals surface area contributed by atoms with Crippen molar-refractivity contribution < 1.29 is 23.4 Å². The standard InChI is InChI=1S/C16H18N6O4/c1-19-13-12(14(24)22(16(19)25)9-11(17)23)21-6-3-5-20(15(21)18-13)8-10-4-2-7-26-10/h2,4,7,12H,3,5-6,8-9H2,1H3,(H-,17,23)/p+1. The lowest BCUT2D eigenvalue weighted by Gasteiger charge is -2.35. The average Bonchev–Trinajstić information content (AvgIpc) is 3.24. The van der Waals surface area contributed by atoms with E-state index >= 15 is 0 Å². The Hall–Kier alpha value is -3.17. The number of rotatable bonds is 4. The zero-order valence-electron chi connectivity index (χ0n) is 14.3. The number of nitrogens with two attached hydrogens (primary N) is 1. The van der Waals surface area contributed by atoms with Crippen LogP contribution in [0.4, 0.5) is 4.79 Å². The molecule has 1 aromatic rings. The summed E-state index contributed by atoms with van der Waals surface area (Å²) in [4.78, 5) is 45.2. The van der Waals surface area contributed by atoms with Crippen molar-refractivity contribution >= 4 is 29.6 Å². The van der Waals surface area contributed by atoms with Crippen LogP contribution in [0.15, 0.2) is 27.8 Å². The minimum Gasteiger partial charge on any atom is -0.466 e. The first-order valence-electron chi connectivity index (χ1n) is 8.34. The van der Waals surface area contributed by atoms with Gasteiger partial charge in [0.2, 0.25) is 17.8 Å². The summed E-state index contributed by atoms with van der Waals surface area (Å²) >= 11 is 0. The number of amidine groups is 1. The first-order valence-corrected chi connectivity index (χ1v) is 8.34. The van der Waals surface area contributed by atoms with Crippen LogP contribution in [-0.4, -0.2) is 81.6 Å². The molecule has 4 rings (SSSR count). The summed E-state index contributed by atoms with van der Waals surface area (Å²) in [5.41, 5.74) is 5.19. The van der Waals surface area contributed by atoms with Crippen LogP contribution in [-0.2, 0) is 16.1 Å². The number of imide groups is 1. The Bertz CT molecular complexity index is 843. The molecule has 4 heterocycles. The first-order chi connectivity index (χ1) is 12.5. The molecule has 0 saturated carbocycles. The van der Waals surface area contributed by atoms with Crippen molar-refractivity contribution in [3.05, 3.63) is 24.2 Å². The van der Waals surface area contributed by atoms with Crippen LogP contribution in [0.5, 0.6) is 0 Å². The van der Waals surface area contributed by atoms with Gasteiger partial charge in [0.1, 0.15) is 18.8 Å². The van der Waals surface area contributed by atoms with Crippen LogP contribution in [0.3, 0.4) is 0 Å². The Morgan fingerprint density at radius 2 is 2.27 bits per heavy atom. The number of furan rings is 1. The van der Waals surface area contributed by atoms with Crippen molar-refractivity contribution in [2.24, 2.45) is 10.7 Å². The zero-order valence-corrected chi connectivity index (χ0v) is 14.3. The van der Waals surface area contributed by atoms with E-state index in [1.165, 1.54) is 4.90 Å². The normalized spacial score (nSPS) is 22.6. The van der Waals surface area contributed by atoms with E-state index in [4.69, 9.17) is 10.2 Å². The van der Waals surface area contributed by atoms with E-state index in [0.29, 0.717) is 24.9 Å². The predicted octanol–water partition coefficient (Wildman–Crippen LogP) is -0.986. The number of carbonyl (C=O) groups excluding carboxylic acids is 3. The highest BCUT2D eigenvalue weighted by molar-refractivity contribution is 6.26. The monoisotopic (exact) mass is 359 g/mol. The lowest BCUT2D eigenvalue weighted by molar-refractivity contribution is -0.556. The molecule has 26 heavy (non-hydrogen) atoms. The molecule has 0 spiro atoms. The number of carbonyl (C=O) groups is 3. The molecule has 4 amide bonds. The fourth-order valence-corrected chi connectivity index (χ4v) is 3.56. The van der Waals surface area contributed by atoms with Gasteiger partial charge in [0.15, 0.2) is 0 Å². The molecule has 0 aromatic carbocycles. The summed E-state index contributed by atoms with van der Waals surface area (Å²) in [7, 11) is 1.55. The van der Waals surface area contributed by atoms with E-state index in [9.17, 15) is 14.4 Å². The van der Waals surface area contributed by atoms with Gasteiger partial charge >= 0.3 is 12.0 Å². The average molecular weight is 359 g/mol. The quantitative estimate of drug-likeness (QED) is 0.694. The van der Waals surface area contributed by atoms with Crippen molar-refractivity contribution in [1.82, 2.24) is 14.7 Å². The maximum absolute atomic E-state index is 12.9. The zero-order chi connectivity index (χ0) is 18.4. The molecule has 0 aliphatic carbocycles. The van der Waals surface area contributed by atoms with Crippen molar-refractivity contribution in [1.29, 1.82) is 0 Å². The lowest BCUT2D eigenvalue weighted by atomic mass is 10.1. The van der Waals surface area contributed by atoms with E-state index in [1.54, 1.807) is 13.3 Å². The summed E-state index contributed by atoms with van der Waals surface area (Å²) in [6, 6.07) is 2.39. The number of urea groups is 1. The van der Waals surface area contributed by atoms with Gasteiger partial charge in [0.05, 0.1) is 19.4 Å². The maximum Gasteiger partial charge on any atom is 0.392 e. The van der Waals surface area contributed by atoms with Gasteiger partial charge in [-0.3, -0.25) is 24.0 Å². The molecule has 10 nitrogen and oxygen atoms in total. The van der Waals surface area contributed by atoms with Gasteiger partial charge in [-0.1, -0.05) is 4.99 Å². The number of hydrogen-bond donors (Lipinski definition) is 1. The van der Waals surface area contributed by atoms with Crippen molar-refractivity contribution in [3.63, 3.8) is 0 Å². The largest absolute Gasteiger partial charge is 0.466 e. The van der Waals surface area contributed by atoms with E-state index in [1.807, 2.05) is 21.6 Å². The Kier molecular flexibility index (Phi) is 3.74. The first kappa shape index (κ1) is 16.3. The van der Waals surface area contributed by atoms with E-state index in [0.717, 1.165) is 23.6 Å². The Morgan fingerprint density at radius 3 is 2.96 bits per heavy atom. The van der Waals surface area contributed by atoms with Crippen LogP contribution in [0.2, 0.25) is 0 Å². The number of guanidine groups is 1. The van der Waals surface area contributed by atoms with Crippen molar-refractivity contribution in [3.8, 4) is 0 Å². The second kappa shape index (κ2) is 5.97. The highest BCUT2D eigenvalue weighted by Gasteiger charge is 2.56. The molecule has 1 atom stereocenters. The minimum absolute atomic E-state index is 0.377. The SMILES string of the molecule is CN1C(=O)N(CC(N)=O)C(=O)C2C1=NC1=[N+](Cc3ccco3)CCCN12. The summed E-state index contributed by atoms with van der Waals surface area (Å²) in [6.45, 7) is 1.50. The van der Waals surface area contributed by atoms with Crippen LogP contribution in [0.25, 0.3) is 0 Å². The molecular weight excluding hydrogens is 340 g/mol. The molecule has 136 valence electrons. The molecule has 1 unspecified atom stereocenters. The molecule has 3 aliphatic heterocycles. The number of primary amides is 1. The molecule has 2 N–H and O–H groups in total. The van der Waals surface area contributed by atoms with Crippen LogP contribution < -0.4 is 5.73 Å². The number of hydrogen-bond acceptors (Lipinski definition) is 6. The van der Waals surface area contributed by atoms with Crippen molar-refractivity contribution in [2.45, 2.75) is 19.0 Å². The van der Waals surface area contributed by atoms with Gasteiger partial charge in [0, 0.05) is 13.5 Å². The number of amides is 4. The van der Waals surface area contributed by atoms with E-state index < -0.39 is 30.4 Å². The van der Waals surface area contributed by atoms with Crippen LogP contribution in [0, 0.1) is 0 Å². The highest BCUT2D eigenvalue weighted by Crippen LogP contribution is 2.25. The van der Waals surface area contributed by atoms with Gasteiger partial charge < -0.3 is 10.2 Å². The topological polar surface area (TPSA) is 115 Å². The third-order valence-corrected chi connectivity index (χ3v) is 4.74. The number of nitrogens with zero attached hydrogens (tertiary/aromatic N) is 5. The predicted molar refractivity (Wildman–Crippen MR) is 89.2 cm³/mol. The van der Waals surface area contributed by atoms with E-state index in [-0.39, 0.29) is 0 Å². The third kappa shape index (κ3) is 2.45. The fraction of sp³-hybridized carbons (Fsp3) is 0.438. The summed E-state index contributed by atoms with van der Waals surface area (Å²) in [5.74, 6) is 0.602. The maximum atomic E-state index is 12.9. The summed E-state index contributed by atoms with van der Waals surface area (Å²) in [5, 5.41) is 0. The molecule has 0 radical (unpaired) electrons. The minimum atomic E-state index is -0.735. The molecular formula is C16H19N6O4+. The lowest BCUT2D eigenvalue weighted by Crippen LogP contribution is -2.65. The van der Waals surface area contributed by atoms with Crippen LogP contribution in [0.1, 0.15) is 12.2 Å². The molecule has 1 fully saturated rings. The molecule has 0 bridgehead atoms. The third-order valence-electron chi connectivity index (χ3n) is 4.74. The molecule has 1 saturated heterocycles. The molecule has 1 aromatic heterocycles. The summed E-state index contributed by atoms with van der Waals surface area (Å²) in [6.07, 6.45) is 2.45. The van der Waals surface area contributed by atoms with Gasteiger partial charge in [-0.2, -0.15) is 0 Å². The van der Waals surface area contributed by atoms with E-state index in [2.05, 4.69) is 4.99 Å². The smallest absolute Gasteiger partial charge is 0.392 e. The number of likely N-dealkylation sites (N-methyl/N-ethyl adjacent to an activating group) is 1. The molecule has 3 aliphatic rings. The number of fused-ring (bicyclic) bond motifs is 3. The number of aliphatic imine (C=N–C) groups is 1. The fourth-order valence-electron chi connectivity index (χ4n) is 3.56.